The smallest absolute Gasteiger partial charge is 0.407 e. The number of methoxy groups -OCH3 is 2. The van der Waals surface area contributed by atoms with E-state index in [2.05, 4.69) is 10.6 Å². The minimum atomic E-state index is -0.810. The van der Waals surface area contributed by atoms with Crippen LogP contribution in [0.1, 0.15) is 52.9 Å². The van der Waals surface area contributed by atoms with Crippen LogP contribution in [0, 0.1) is 0 Å². The molecule has 0 rings (SSSR count). The Labute approximate surface area is 210 Å². The van der Waals surface area contributed by atoms with Crippen molar-refractivity contribution in [2.45, 2.75) is 58.5 Å². The van der Waals surface area contributed by atoms with E-state index in [4.69, 9.17) is 23.7 Å². The number of unbranched alkanes of at least 4 members (excludes halogenated alkanes) is 3. The molecule has 0 aliphatic rings. The third-order valence-corrected chi connectivity index (χ3v) is 5.15. The Kier molecular flexibility index (Phi) is 20.2. The molecule has 11 nitrogen and oxygen atoms in total. The summed E-state index contributed by atoms with van der Waals surface area (Å²) < 4.78 is 25.7. The van der Waals surface area contributed by atoms with Gasteiger partial charge in [0.25, 0.3) is 5.91 Å². The lowest BCUT2D eigenvalue weighted by molar-refractivity contribution is -0.145. The van der Waals surface area contributed by atoms with Crippen molar-refractivity contribution in [2.24, 2.45) is 0 Å². The van der Waals surface area contributed by atoms with Crippen LogP contribution in [0.2, 0.25) is 0 Å². The first kappa shape index (κ1) is 33.0. The molecule has 0 saturated carbocycles. The molecule has 0 saturated heterocycles. The Morgan fingerprint density at radius 2 is 1.40 bits per heavy atom. The molecule has 0 heterocycles. The second-order valence-electron chi connectivity index (χ2n) is 8.47. The molecular formula is C24H47N3O8. The summed E-state index contributed by atoms with van der Waals surface area (Å²) in [4.78, 5) is 37.7. The van der Waals surface area contributed by atoms with Gasteiger partial charge in [0, 0.05) is 53.6 Å². The second kappa shape index (κ2) is 21.3. The molecule has 0 fully saturated rings. The maximum atomic E-state index is 12.0. The number of rotatable bonds is 22. The summed E-state index contributed by atoms with van der Waals surface area (Å²) in [6, 6.07) is 0. The van der Waals surface area contributed by atoms with Gasteiger partial charge in [-0.1, -0.05) is 12.8 Å². The van der Waals surface area contributed by atoms with Crippen LogP contribution in [0.25, 0.3) is 0 Å². The van der Waals surface area contributed by atoms with E-state index < -0.39 is 11.7 Å². The van der Waals surface area contributed by atoms with E-state index in [0.29, 0.717) is 52.5 Å². The number of carbonyl (C=O) groups is 3. The molecule has 2 N–H and O–H groups in total. The molecule has 11 heteroatoms. The highest BCUT2D eigenvalue weighted by Crippen LogP contribution is 2.09. The van der Waals surface area contributed by atoms with Crippen LogP contribution in [0.5, 0.6) is 0 Å². The van der Waals surface area contributed by atoms with Crippen LogP contribution in [-0.4, -0.2) is 108 Å². The number of hydrogen-bond donors (Lipinski definition) is 2. The highest BCUT2D eigenvalue weighted by atomic mass is 16.6. The van der Waals surface area contributed by atoms with Gasteiger partial charge >= 0.3 is 12.1 Å². The lowest BCUT2D eigenvalue weighted by Gasteiger charge is -2.23. The standard InChI is InChI=1S/C24H47N3O8/c1-6-35-24(2,3)22(29)25-12-9-7-8-10-13-26-23(30)34-18-16-27(15-17-31-4)14-11-21(28)33-20-19-32-5/h6-20H2,1-5H3,(H,25,29)(H,26,30). The summed E-state index contributed by atoms with van der Waals surface area (Å²) >= 11 is 0. The van der Waals surface area contributed by atoms with Gasteiger partial charge in [0.15, 0.2) is 0 Å². The molecule has 0 aliphatic heterocycles. The van der Waals surface area contributed by atoms with E-state index in [-0.39, 0.29) is 31.5 Å². The lowest BCUT2D eigenvalue weighted by Crippen LogP contribution is -2.44. The number of alkyl carbamates (subject to hydrolysis) is 1. The van der Waals surface area contributed by atoms with E-state index in [1.165, 1.54) is 0 Å². The molecule has 0 spiro atoms. The number of amides is 2. The van der Waals surface area contributed by atoms with Crippen molar-refractivity contribution in [3.8, 4) is 0 Å². The molecule has 0 aromatic rings. The predicted octanol–water partition coefficient (Wildman–Crippen LogP) is 1.73. The summed E-state index contributed by atoms with van der Waals surface area (Å²) in [6.45, 7) is 9.95. The van der Waals surface area contributed by atoms with Crippen molar-refractivity contribution in [1.29, 1.82) is 0 Å². The molecule has 0 radical (unpaired) electrons. The number of esters is 1. The minimum Gasteiger partial charge on any atom is -0.463 e. The zero-order valence-electron chi connectivity index (χ0n) is 22.3. The van der Waals surface area contributed by atoms with E-state index >= 15 is 0 Å². The van der Waals surface area contributed by atoms with Gasteiger partial charge in [-0.15, -0.1) is 0 Å². The predicted molar refractivity (Wildman–Crippen MR) is 132 cm³/mol. The zero-order valence-corrected chi connectivity index (χ0v) is 22.3. The van der Waals surface area contributed by atoms with Gasteiger partial charge < -0.3 is 34.3 Å². The van der Waals surface area contributed by atoms with E-state index in [9.17, 15) is 14.4 Å². The number of nitrogens with one attached hydrogen (secondary N) is 2. The fourth-order valence-electron chi connectivity index (χ4n) is 3.07. The Hall–Kier alpha value is -1.95. The average molecular weight is 506 g/mol. The third-order valence-electron chi connectivity index (χ3n) is 5.15. The van der Waals surface area contributed by atoms with Gasteiger partial charge in [0.2, 0.25) is 0 Å². The van der Waals surface area contributed by atoms with Crippen molar-refractivity contribution < 1.29 is 38.1 Å². The Bertz CT molecular complexity index is 575. The third kappa shape index (κ3) is 19.0. The Balaban J connectivity index is 3.87. The molecule has 0 aromatic carbocycles. The minimum absolute atomic E-state index is 0.105. The molecular weight excluding hydrogens is 458 g/mol. The van der Waals surface area contributed by atoms with Crippen LogP contribution in [0.15, 0.2) is 0 Å². The van der Waals surface area contributed by atoms with Gasteiger partial charge in [0.1, 0.15) is 18.8 Å². The van der Waals surface area contributed by atoms with Crippen molar-refractivity contribution in [3.05, 3.63) is 0 Å². The summed E-state index contributed by atoms with van der Waals surface area (Å²) in [5.41, 5.74) is -0.810. The second-order valence-corrected chi connectivity index (χ2v) is 8.47. The molecule has 0 atom stereocenters. The maximum absolute atomic E-state index is 12.0. The molecule has 35 heavy (non-hydrogen) atoms. The van der Waals surface area contributed by atoms with Crippen LogP contribution in [0.4, 0.5) is 4.79 Å². The van der Waals surface area contributed by atoms with Crippen molar-refractivity contribution >= 4 is 18.0 Å². The Morgan fingerprint density at radius 1 is 0.771 bits per heavy atom. The van der Waals surface area contributed by atoms with Gasteiger partial charge in [-0.25, -0.2) is 4.79 Å². The SMILES string of the molecule is CCOC(C)(C)C(=O)NCCCCCCNC(=O)OCCN(CCOC)CCC(=O)OCCOC. The quantitative estimate of drug-likeness (QED) is 0.167. The normalized spacial score (nSPS) is 11.4. The largest absolute Gasteiger partial charge is 0.463 e. The zero-order chi connectivity index (χ0) is 26.4. The number of carbonyl (C=O) groups excluding carboxylic acids is 3. The number of nitrogens with zero attached hydrogens (tertiary/aromatic N) is 1. The summed E-state index contributed by atoms with van der Waals surface area (Å²) in [5, 5.41) is 5.64. The van der Waals surface area contributed by atoms with Crippen molar-refractivity contribution in [1.82, 2.24) is 15.5 Å². The van der Waals surface area contributed by atoms with Crippen LogP contribution in [-0.2, 0) is 33.3 Å². The first-order valence-corrected chi connectivity index (χ1v) is 12.5. The van der Waals surface area contributed by atoms with E-state index in [1.807, 2.05) is 11.8 Å². The van der Waals surface area contributed by atoms with Crippen LogP contribution in [0.3, 0.4) is 0 Å². The molecule has 0 unspecified atom stereocenters. The van der Waals surface area contributed by atoms with E-state index in [1.54, 1.807) is 28.1 Å². The molecule has 0 bridgehead atoms. The monoisotopic (exact) mass is 505 g/mol. The van der Waals surface area contributed by atoms with Gasteiger partial charge in [-0.3, -0.25) is 14.5 Å². The van der Waals surface area contributed by atoms with Gasteiger partial charge in [0.05, 0.1) is 19.6 Å². The van der Waals surface area contributed by atoms with Gasteiger partial charge in [-0.05, 0) is 33.6 Å². The first-order chi connectivity index (χ1) is 16.8. The summed E-state index contributed by atoms with van der Waals surface area (Å²) in [7, 11) is 3.16. The fourth-order valence-corrected chi connectivity index (χ4v) is 3.07. The average Bonchev–Trinajstić information content (AvgIpc) is 2.82. The molecule has 0 aliphatic carbocycles. The fraction of sp³-hybridized carbons (Fsp3) is 0.875. The summed E-state index contributed by atoms with van der Waals surface area (Å²) in [5.74, 6) is -0.397. The highest BCUT2D eigenvalue weighted by Gasteiger charge is 2.27. The van der Waals surface area contributed by atoms with Crippen LogP contribution >= 0.6 is 0 Å². The molecule has 206 valence electrons. The first-order valence-electron chi connectivity index (χ1n) is 12.5. The summed E-state index contributed by atoms with van der Waals surface area (Å²) in [6.07, 6.45) is 3.38. The van der Waals surface area contributed by atoms with E-state index in [0.717, 1.165) is 25.7 Å². The Morgan fingerprint density at radius 3 is 2.03 bits per heavy atom. The molecule has 2 amide bonds. The van der Waals surface area contributed by atoms with Crippen molar-refractivity contribution in [3.63, 3.8) is 0 Å². The topological polar surface area (TPSA) is 125 Å². The maximum Gasteiger partial charge on any atom is 0.407 e. The number of ether oxygens (including phenoxy) is 5. The lowest BCUT2D eigenvalue weighted by atomic mass is 10.1. The molecule has 0 aromatic heterocycles. The number of hydrogen-bond acceptors (Lipinski definition) is 9. The van der Waals surface area contributed by atoms with Gasteiger partial charge in [-0.2, -0.15) is 0 Å². The van der Waals surface area contributed by atoms with Crippen LogP contribution < -0.4 is 10.6 Å². The van der Waals surface area contributed by atoms with Crippen molar-refractivity contribution in [2.75, 3.05) is 80.0 Å². The highest BCUT2D eigenvalue weighted by molar-refractivity contribution is 5.84.